The van der Waals surface area contributed by atoms with Crippen LogP contribution >= 0.6 is 0 Å². The van der Waals surface area contributed by atoms with Crippen LogP contribution in [0, 0.1) is 0 Å². The minimum absolute atomic E-state index is 0.581. The highest BCUT2D eigenvalue weighted by atomic mass is 28.3. The van der Waals surface area contributed by atoms with E-state index in [1.165, 1.54) is 21.9 Å². The first kappa shape index (κ1) is 13.2. The van der Waals surface area contributed by atoms with Crippen molar-refractivity contribution >= 4 is 33.0 Å². The van der Waals surface area contributed by atoms with Crippen LogP contribution in [0.2, 0.25) is 13.1 Å². The van der Waals surface area contributed by atoms with Crippen LogP contribution in [0.1, 0.15) is 18.9 Å². The SMILES string of the molecule is [B]/C(=C(\CC)c1cccc2ccccc12)[Si+](C)C. The highest BCUT2D eigenvalue weighted by molar-refractivity contribution is 6.76. The lowest BCUT2D eigenvalue weighted by Gasteiger charge is -2.11. The summed E-state index contributed by atoms with van der Waals surface area (Å²) in [6, 6.07) is 15.0. The lowest BCUT2D eigenvalue weighted by Crippen LogP contribution is -2.09. The summed E-state index contributed by atoms with van der Waals surface area (Å²) in [6.07, 6.45) is 0.996. The molecule has 0 N–H and O–H groups in total. The lowest BCUT2D eigenvalue weighted by molar-refractivity contribution is 1.24. The van der Waals surface area contributed by atoms with Crippen LogP contribution in [0.5, 0.6) is 0 Å². The second-order valence-corrected chi connectivity index (χ2v) is 7.31. The first-order valence-electron chi connectivity index (χ1n) is 6.42. The van der Waals surface area contributed by atoms with Gasteiger partial charge in [-0.25, -0.2) is 0 Å². The molecule has 0 aromatic heterocycles. The molecule has 2 rings (SSSR count). The summed E-state index contributed by atoms with van der Waals surface area (Å²) in [4.78, 5) is 0. The van der Waals surface area contributed by atoms with Crippen molar-refractivity contribution in [1.29, 1.82) is 0 Å². The van der Waals surface area contributed by atoms with E-state index in [-0.39, 0.29) is 0 Å². The molecule has 0 aliphatic carbocycles. The highest BCUT2D eigenvalue weighted by Crippen LogP contribution is 2.29. The fraction of sp³-hybridized carbons (Fsp3) is 0.250. The van der Waals surface area contributed by atoms with Gasteiger partial charge in [0.25, 0.3) is 0 Å². The Morgan fingerprint density at radius 1 is 1.06 bits per heavy atom. The molecule has 2 radical (unpaired) electrons. The summed E-state index contributed by atoms with van der Waals surface area (Å²) in [6.45, 7) is 6.69. The quantitative estimate of drug-likeness (QED) is 0.706. The monoisotopic (exact) mass is 249 g/mol. The Morgan fingerprint density at radius 3 is 2.39 bits per heavy atom. The van der Waals surface area contributed by atoms with Gasteiger partial charge < -0.3 is 0 Å². The maximum absolute atomic E-state index is 6.32. The predicted octanol–water partition coefficient (Wildman–Crippen LogP) is 4.42. The highest BCUT2D eigenvalue weighted by Gasteiger charge is 2.19. The summed E-state index contributed by atoms with van der Waals surface area (Å²) in [7, 11) is 5.74. The maximum Gasteiger partial charge on any atom is 0.329 e. The molecule has 2 heteroatoms. The van der Waals surface area contributed by atoms with E-state index in [0.717, 1.165) is 11.5 Å². The molecule has 2 aromatic rings. The molecule has 0 fully saturated rings. The number of benzene rings is 2. The van der Waals surface area contributed by atoms with Gasteiger partial charge in [-0.1, -0.05) is 49.4 Å². The van der Waals surface area contributed by atoms with Gasteiger partial charge in [-0.2, -0.15) is 0 Å². The van der Waals surface area contributed by atoms with Crippen LogP contribution in [0.4, 0.5) is 0 Å². The van der Waals surface area contributed by atoms with Crippen molar-refractivity contribution in [1.82, 2.24) is 0 Å². The fourth-order valence-electron chi connectivity index (χ4n) is 2.32. The largest absolute Gasteiger partial charge is 0.329 e. The normalized spacial score (nSPS) is 12.4. The average molecular weight is 249 g/mol. The number of fused-ring (bicyclic) bond motifs is 1. The summed E-state index contributed by atoms with van der Waals surface area (Å²) in [5, 5.41) is 3.71. The van der Waals surface area contributed by atoms with Gasteiger partial charge in [-0.05, 0) is 28.3 Å². The number of rotatable bonds is 3. The van der Waals surface area contributed by atoms with Gasteiger partial charge in [-0.3, -0.25) is 0 Å². The molecule has 0 nitrogen and oxygen atoms in total. The summed E-state index contributed by atoms with van der Waals surface area (Å²) in [5.41, 5.74) is 2.63. The van der Waals surface area contributed by atoms with E-state index in [2.05, 4.69) is 62.5 Å². The standard InChI is InChI=1S/C16H18BSi/c1-4-13(16(17)18(2)3)15-11-7-9-12-8-5-6-10-14(12)15/h5-11H,4H2,1-3H3/q+1/b16-13-. The van der Waals surface area contributed by atoms with Gasteiger partial charge in [0, 0.05) is 5.10 Å². The van der Waals surface area contributed by atoms with E-state index in [9.17, 15) is 0 Å². The molecule has 0 aliphatic rings. The Kier molecular flexibility index (Phi) is 4.08. The van der Waals surface area contributed by atoms with E-state index >= 15 is 0 Å². The second-order valence-electron chi connectivity index (χ2n) is 4.77. The van der Waals surface area contributed by atoms with Crippen LogP contribution in [-0.2, 0) is 0 Å². The molecule has 0 atom stereocenters. The minimum Gasteiger partial charge on any atom is -0.0616 e. The van der Waals surface area contributed by atoms with E-state index in [1.54, 1.807) is 0 Å². The molecule has 88 valence electrons. The van der Waals surface area contributed by atoms with Crippen LogP contribution < -0.4 is 0 Å². The van der Waals surface area contributed by atoms with E-state index in [1.807, 2.05) is 0 Å². The molecule has 0 bridgehead atoms. The molecule has 0 aliphatic heterocycles. The molecule has 18 heavy (non-hydrogen) atoms. The predicted molar refractivity (Wildman–Crippen MR) is 84.4 cm³/mol. The minimum atomic E-state index is -0.581. The first-order valence-corrected chi connectivity index (χ1v) is 8.92. The van der Waals surface area contributed by atoms with Crippen molar-refractivity contribution in [3.05, 3.63) is 53.1 Å². The van der Waals surface area contributed by atoms with Crippen LogP contribution in [-0.4, -0.2) is 16.6 Å². The van der Waals surface area contributed by atoms with Crippen molar-refractivity contribution in [2.45, 2.75) is 26.4 Å². The fourth-order valence-corrected chi connectivity index (χ4v) is 3.23. The summed E-state index contributed by atoms with van der Waals surface area (Å²) in [5.74, 6) is 0. The van der Waals surface area contributed by atoms with Gasteiger partial charge in [0.1, 0.15) is 0 Å². The molecule has 0 heterocycles. The topological polar surface area (TPSA) is 0 Å². The number of allylic oxidation sites excluding steroid dienone is 1. The first-order chi connectivity index (χ1) is 8.65. The molecule has 0 saturated heterocycles. The Balaban J connectivity index is 2.70. The number of hydrogen-bond acceptors (Lipinski definition) is 0. The molecule has 0 spiro atoms. The van der Waals surface area contributed by atoms with Crippen molar-refractivity contribution in [3.63, 3.8) is 0 Å². The molecule has 0 amide bonds. The molecule has 0 unspecified atom stereocenters. The average Bonchev–Trinajstić information content (AvgIpc) is 2.39. The van der Waals surface area contributed by atoms with E-state index in [4.69, 9.17) is 7.85 Å². The molecule has 2 aromatic carbocycles. The molecular formula is C16H18BSi+. The van der Waals surface area contributed by atoms with E-state index in [0.29, 0.717) is 0 Å². The van der Waals surface area contributed by atoms with Gasteiger partial charge in [0.15, 0.2) is 7.85 Å². The number of hydrogen-bond donors (Lipinski definition) is 0. The third kappa shape index (κ3) is 2.44. The third-order valence-corrected chi connectivity index (χ3v) is 4.71. The molecular weight excluding hydrogens is 231 g/mol. The Bertz CT molecular complexity index is 579. The zero-order valence-corrected chi connectivity index (χ0v) is 12.3. The summed E-state index contributed by atoms with van der Waals surface area (Å²) >= 11 is 0. The van der Waals surface area contributed by atoms with Crippen molar-refractivity contribution in [3.8, 4) is 0 Å². The Hall–Kier alpha value is -1.28. The van der Waals surface area contributed by atoms with Crippen LogP contribution in [0.15, 0.2) is 47.6 Å². The third-order valence-electron chi connectivity index (χ3n) is 3.33. The van der Waals surface area contributed by atoms with Crippen molar-refractivity contribution < 1.29 is 0 Å². The lowest BCUT2D eigenvalue weighted by atomic mass is 9.92. The van der Waals surface area contributed by atoms with Crippen molar-refractivity contribution in [2.24, 2.45) is 0 Å². The van der Waals surface area contributed by atoms with E-state index < -0.39 is 8.80 Å². The van der Waals surface area contributed by atoms with Gasteiger partial charge in [-0.15, -0.1) is 0 Å². The zero-order chi connectivity index (χ0) is 13.1. The molecule has 0 saturated carbocycles. The smallest absolute Gasteiger partial charge is 0.0616 e. The van der Waals surface area contributed by atoms with Crippen molar-refractivity contribution in [2.75, 3.05) is 0 Å². The van der Waals surface area contributed by atoms with Gasteiger partial charge in [0.05, 0.1) is 13.1 Å². The second kappa shape index (κ2) is 5.58. The van der Waals surface area contributed by atoms with Gasteiger partial charge >= 0.3 is 8.80 Å². The Labute approximate surface area is 113 Å². The van der Waals surface area contributed by atoms with Crippen LogP contribution in [0.25, 0.3) is 16.3 Å². The van der Waals surface area contributed by atoms with Gasteiger partial charge in [0.2, 0.25) is 0 Å². The zero-order valence-electron chi connectivity index (χ0n) is 11.3. The Morgan fingerprint density at radius 2 is 1.72 bits per heavy atom. The van der Waals surface area contributed by atoms with Crippen LogP contribution in [0.3, 0.4) is 0 Å². The maximum atomic E-state index is 6.32. The summed E-state index contributed by atoms with van der Waals surface area (Å²) < 4.78 is 0.